The van der Waals surface area contributed by atoms with E-state index in [4.69, 9.17) is 0 Å². The zero-order valence-corrected chi connectivity index (χ0v) is 19.9. The molecule has 0 amide bonds. The Morgan fingerprint density at radius 2 is 1.16 bits per heavy atom. The number of aryl methyl sites for hydroxylation is 1. The van der Waals surface area contributed by atoms with Crippen LogP contribution in [0.1, 0.15) is 95.5 Å². The van der Waals surface area contributed by atoms with Gasteiger partial charge >= 0.3 is 0 Å². The number of hydrogen-bond donors (Lipinski definition) is 0. The minimum Gasteiger partial charge on any atom is -0.103 e. The summed E-state index contributed by atoms with van der Waals surface area (Å²) >= 11 is 0. The van der Waals surface area contributed by atoms with Crippen LogP contribution in [0.3, 0.4) is 0 Å². The fourth-order valence-electron chi connectivity index (χ4n) is 6.88. The van der Waals surface area contributed by atoms with Gasteiger partial charge in [-0.1, -0.05) is 55.0 Å². The molecule has 0 nitrogen and oxygen atoms in total. The van der Waals surface area contributed by atoms with Crippen LogP contribution in [-0.2, 0) is 6.42 Å². The predicted molar refractivity (Wildman–Crippen MR) is 135 cm³/mol. The molecule has 1 aromatic rings. The Labute approximate surface area is 192 Å². The van der Waals surface area contributed by atoms with Crippen molar-refractivity contribution in [3.63, 3.8) is 0 Å². The highest BCUT2D eigenvalue weighted by Crippen LogP contribution is 2.42. The first kappa shape index (κ1) is 22.9. The Balaban J connectivity index is 1.09. The summed E-state index contributed by atoms with van der Waals surface area (Å²) < 4.78 is 0. The first-order valence-corrected chi connectivity index (χ1v) is 13.6. The molecule has 0 spiro atoms. The third-order valence-electron chi connectivity index (χ3n) is 9.10. The lowest BCUT2D eigenvalue weighted by Crippen LogP contribution is -2.25. The first-order valence-electron chi connectivity index (χ1n) is 13.6. The number of hydrogen-bond acceptors (Lipinski definition) is 0. The molecule has 0 aliphatic heterocycles. The summed E-state index contributed by atoms with van der Waals surface area (Å²) in [7, 11) is 0. The van der Waals surface area contributed by atoms with Crippen LogP contribution in [0.5, 0.6) is 0 Å². The van der Waals surface area contributed by atoms with Crippen molar-refractivity contribution in [2.75, 3.05) is 0 Å². The number of allylic oxidation sites excluding steroid dienone is 3. The molecule has 0 N–H and O–H groups in total. The number of rotatable bonds is 8. The fraction of sp³-hybridized carbons (Fsp3) is 0.677. The van der Waals surface area contributed by atoms with Crippen LogP contribution in [0.25, 0.3) is 0 Å². The minimum absolute atomic E-state index is 0.814. The number of benzene rings is 1. The molecule has 0 atom stereocenters. The van der Waals surface area contributed by atoms with Crippen LogP contribution in [0, 0.1) is 35.5 Å². The van der Waals surface area contributed by atoms with E-state index in [1.165, 1.54) is 102 Å². The molecule has 0 aromatic heterocycles. The molecule has 31 heavy (non-hydrogen) atoms. The largest absolute Gasteiger partial charge is 0.103 e. The van der Waals surface area contributed by atoms with Crippen LogP contribution in [0.2, 0.25) is 0 Å². The van der Waals surface area contributed by atoms with E-state index in [2.05, 4.69) is 55.1 Å². The Bertz CT molecular complexity index is 647. The Morgan fingerprint density at radius 1 is 0.645 bits per heavy atom. The van der Waals surface area contributed by atoms with Gasteiger partial charge in [-0.2, -0.15) is 0 Å². The van der Waals surface area contributed by atoms with Crippen LogP contribution in [0.4, 0.5) is 0 Å². The summed E-state index contributed by atoms with van der Waals surface area (Å²) in [5.74, 6) is 5.61. The van der Waals surface area contributed by atoms with Crippen molar-refractivity contribution in [2.24, 2.45) is 35.5 Å². The maximum atomic E-state index is 4.01. The Kier molecular flexibility index (Phi) is 8.91. The molecule has 0 heteroatoms. The van der Waals surface area contributed by atoms with Crippen LogP contribution in [0.15, 0.2) is 55.1 Å². The maximum absolute atomic E-state index is 4.01. The predicted octanol–water partition coefficient (Wildman–Crippen LogP) is 9.17. The second-order valence-corrected chi connectivity index (χ2v) is 11.1. The van der Waals surface area contributed by atoms with Gasteiger partial charge in [0, 0.05) is 0 Å². The quantitative estimate of drug-likeness (QED) is 0.369. The average molecular weight is 419 g/mol. The van der Waals surface area contributed by atoms with Gasteiger partial charge in [0.1, 0.15) is 0 Å². The van der Waals surface area contributed by atoms with E-state index < -0.39 is 0 Å². The van der Waals surface area contributed by atoms with Gasteiger partial charge < -0.3 is 0 Å². The zero-order chi connectivity index (χ0) is 21.3. The van der Waals surface area contributed by atoms with Crippen molar-refractivity contribution < 1.29 is 0 Å². The Hall–Kier alpha value is -1.30. The van der Waals surface area contributed by atoms with Crippen molar-refractivity contribution >= 4 is 0 Å². The summed E-state index contributed by atoms with van der Waals surface area (Å²) in [5.41, 5.74) is 1.51. The van der Waals surface area contributed by atoms with Gasteiger partial charge in [0.15, 0.2) is 0 Å². The second-order valence-electron chi connectivity index (χ2n) is 11.1. The first-order chi connectivity index (χ1) is 15.3. The molecule has 0 saturated heterocycles. The van der Waals surface area contributed by atoms with Crippen molar-refractivity contribution in [1.82, 2.24) is 0 Å². The highest BCUT2D eigenvalue weighted by atomic mass is 14.3. The van der Waals surface area contributed by atoms with Crippen LogP contribution >= 0.6 is 0 Å². The van der Waals surface area contributed by atoms with E-state index in [9.17, 15) is 0 Å². The summed E-state index contributed by atoms with van der Waals surface area (Å²) in [4.78, 5) is 0. The summed E-state index contributed by atoms with van der Waals surface area (Å²) in [6.45, 7) is 4.01. The fourth-order valence-corrected chi connectivity index (χ4v) is 6.88. The topological polar surface area (TPSA) is 0 Å². The van der Waals surface area contributed by atoms with Crippen molar-refractivity contribution in [1.29, 1.82) is 0 Å². The van der Waals surface area contributed by atoms with E-state index in [1.54, 1.807) is 0 Å². The van der Waals surface area contributed by atoms with E-state index in [1.807, 2.05) is 0 Å². The normalized spacial score (nSPS) is 34.6. The SMILES string of the molecule is C=CC1CCC(C2CCC(/C=C/C3CCC(CCCc4ccccc4)CC3)CC2)CC1. The van der Waals surface area contributed by atoms with Gasteiger partial charge in [0.05, 0.1) is 0 Å². The summed E-state index contributed by atoms with van der Waals surface area (Å²) in [6, 6.07) is 11.0. The molecule has 0 radical (unpaired) electrons. The van der Waals surface area contributed by atoms with E-state index in [-0.39, 0.29) is 0 Å². The molecule has 3 fully saturated rings. The van der Waals surface area contributed by atoms with E-state index >= 15 is 0 Å². The molecule has 1 aromatic carbocycles. The van der Waals surface area contributed by atoms with Gasteiger partial charge in [0.2, 0.25) is 0 Å². The molecular weight excluding hydrogens is 372 g/mol. The molecule has 170 valence electrons. The van der Waals surface area contributed by atoms with E-state index in [0.29, 0.717) is 0 Å². The zero-order valence-electron chi connectivity index (χ0n) is 19.9. The standard InChI is InChI=1S/C31H46/c1-2-25-17-21-30(22-18-25)31-23-19-29(20-24-31)16-15-28-13-11-27(12-14-28)10-6-9-26-7-4-3-5-8-26/h2-5,7-8,15-16,25,27-31H,1,6,9-14,17-24H2/b16-15+. The van der Waals surface area contributed by atoms with Gasteiger partial charge in [-0.05, 0) is 131 Å². The van der Waals surface area contributed by atoms with Crippen molar-refractivity contribution in [3.05, 3.63) is 60.7 Å². The second kappa shape index (κ2) is 12.1. The van der Waals surface area contributed by atoms with Crippen LogP contribution < -0.4 is 0 Å². The van der Waals surface area contributed by atoms with Gasteiger partial charge in [-0.25, -0.2) is 0 Å². The molecule has 4 rings (SSSR count). The third kappa shape index (κ3) is 7.10. The summed E-state index contributed by atoms with van der Waals surface area (Å²) in [6.07, 6.45) is 29.0. The molecule has 0 heterocycles. The molecular formula is C31H46. The average Bonchev–Trinajstić information content (AvgIpc) is 2.85. The van der Waals surface area contributed by atoms with Crippen molar-refractivity contribution in [3.8, 4) is 0 Å². The van der Waals surface area contributed by atoms with Crippen LogP contribution in [-0.4, -0.2) is 0 Å². The van der Waals surface area contributed by atoms with Gasteiger partial charge in [-0.15, -0.1) is 6.58 Å². The lowest BCUT2D eigenvalue weighted by molar-refractivity contribution is 0.166. The van der Waals surface area contributed by atoms with Crippen molar-refractivity contribution in [2.45, 2.75) is 96.3 Å². The molecule has 0 bridgehead atoms. The minimum atomic E-state index is 0.814. The highest BCUT2D eigenvalue weighted by molar-refractivity contribution is 5.14. The van der Waals surface area contributed by atoms with Gasteiger partial charge in [-0.3, -0.25) is 0 Å². The third-order valence-corrected chi connectivity index (χ3v) is 9.10. The highest BCUT2D eigenvalue weighted by Gasteiger charge is 2.29. The van der Waals surface area contributed by atoms with E-state index in [0.717, 1.165) is 35.5 Å². The molecule has 0 unspecified atom stereocenters. The van der Waals surface area contributed by atoms with Gasteiger partial charge in [0.25, 0.3) is 0 Å². The lowest BCUT2D eigenvalue weighted by atomic mass is 9.69. The molecule has 3 aliphatic carbocycles. The molecule has 3 aliphatic rings. The summed E-state index contributed by atoms with van der Waals surface area (Å²) in [5, 5.41) is 0. The Morgan fingerprint density at radius 3 is 1.71 bits per heavy atom. The maximum Gasteiger partial charge on any atom is -0.0233 e. The monoisotopic (exact) mass is 418 g/mol. The molecule has 3 saturated carbocycles. The smallest absolute Gasteiger partial charge is 0.0233 e. The lowest BCUT2D eigenvalue weighted by Gasteiger charge is -2.37.